The van der Waals surface area contributed by atoms with Crippen molar-refractivity contribution in [1.29, 1.82) is 0 Å². The Labute approximate surface area is 157 Å². The minimum Gasteiger partial charge on any atom is -0.321 e. The Morgan fingerprint density at radius 2 is 1.58 bits per heavy atom. The molecular weight excluding hydrogens is 294 g/mol. The Morgan fingerprint density at radius 3 is 2.21 bits per heavy atom. The van der Waals surface area contributed by atoms with Gasteiger partial charge < -0.3 is 5.32 Å². The van der Waals surface area contributed by atoms with Crippen molar-refractivity contribution in [2.24, 2.45) is 0 Å². The summed E-state index contributed by atoms with van der Waals surface area (Å²) in [5.74, 6) is -1.14. The molecule has 0 heterocycles. The van der Waals surface area contributed by atoms with E-state index in [1.165, 1.54) is 6.07 Å². The third-order valence-electron chi connectivity index (χ3n) is 3.45. The number of hydrogen-bond acceptors (Lipinski definition) is 1. The zero-order chi connectivity index (χ0) is 25.6. The Balaban J connectivity index is 2.30. The van der Waals surface area contributed by atoms with Gasteiger partial charge in [0.25, 0.3) is 5.91 Å². The van der Waals surface area contributed by atoms with Crippen LogP contribution in [0.25, 0.3) is 11.1 Å². The fourth-order valence-electron chi connectivity index (χ4n) is 2.32. The minimum atomic E-state index is -0.973. The highest BCUT2D eigenvalue weighted by molar-refractivity contribution is 6.06. The van der Waals surface area contributed by atoms with Gasteiger partial charge in [-0.3, -0.25) is 4.79 Å². The monoisotopic (exact) mass is 325 g/mol. The fourth-order valence-corrected chi connectivity index (χ4v) is 2.32. The summed E-state index contributed by atoms with van der Waals surface area (Å²) in [7, 11) is 0. The van der Waals surface area contributed by atoms with Crippen LogP contribution in [0.3, 0.4) is 0 Å². The van der Waals surface area contributed by atoms with Crippen molar-refractivity contribution in [3.8, 4) is 11.1 Å². The molecule has 2 nitrogen and oxygen atoms in total. The molecule has 0 aliphatic heterocycles. The lowest BCUT2D eigenvalue weighted by Gasteiger charge is -2.18. The second kappa shape index (κ2) is 7.14. The minimum absolute atomic E-state index is 0.120. The zero-order valence-corrected chi connectivity index (χ0v) is 13.2. The average Bonchev–Trinajstić information content (AvgIpc) is 2.79. The molecule has 1 amide bonds. The summed E-state index contributed by atoms with van der Waals surface area (Å²) in [5.41, 5.74) is 0.184. The highest BCUT2D eigenvalue weighted by Gasteiger charge is 2.15. The number of carbonyl (C=O) groups excluding carboxylic acids is 1. The summed E-state index contributed by atoms with van der Waals surface area (Å²) in [4.78, 5) is 13.2. The quantitative estimate of drug-likeness (QED) is 0.652. The molecule has 0 atom stereocenters. The molecule has 0 aromatic heterocycles. The standard InChI is InChI=1S/C22H21NO/c1-16(2)19-14-9-15-20(17-10-5-3-6-11-17)21(19)23-22(24)18-12-7-4-8-13-18/h3-16H,1-2H3,(H,23,24)/i3D,4D,5D,6D,7D,8D,10D,11D,12D,13D. The van der Waals surface area contributed by atoms with Crippen LogP contribution in [0.4, 0.5) is 5.69 Å². The third kappa shape index (κ3) is 3.38. The van der Waals surface area contributed by atoms with Gasteiger partial charge in [0.05, 0.1) is 19.4 Å². The number of para-hydroxylation sites is 1. The molecule has 2 heteroatoms. The Bertz CT molecular complexity index is 1280. The van der Waals surface area contributed by atoms with Gasteiger partial charge in [0.15, 0.2) is 0 Å². The van der Waals surface area contributed by atoms with Crippen LogP contribution in [0.5, 0.6) is 0 Å². The third-order valence-corrected chi connectivity index (χ3v) is 3.45. The van der Waals surface area contributed by atoms with Crippen molar-refractivity contribution in [3.05, 3.63) is 89.8 Å². The molecule has 0 saturated heterocycles. The van der Waals surface area contributed by atoms with E-state index in [0.717, 1.165) is 0 Å². The summed E-state index contributed by atoms with van der Waals surface area (Å²) >= 11 is 0. The first kappa shape index (κ1) is 7.80. The molecule has 0 saturated carbocycles. The van der Waals surface area contributed by atoms with E-state index in [0.29, 0.717) is 5.56 Å². The summed E-state index contributed by atoms with van der Waals surface area (Å²) in [6.45, 7) is 3.67. The van der Waals surface area contributed by atoms with E-state index in [2.05, 4.69) is 5.32 Å². The van der Waals surface area contributed by atoms with Gasteiger partial charge in [-0.25, -0.2) is 0 Å². The number of rotatable bonds is 4. The molecule has 24 heavy (non-hydrogen) atoms. The van der Waals surface area contributed by atoms with Gasteiger partial charge >= 0.3 is 0 Å². The van der Waals surface area contributed by atoms with E-state index in [9.17, 15) is 4.79 Å². The second-order valence-electron chi connectivity index (χ2n) is 5.38. The molecule has 0 spiro atoms. The van der Waals surface area contributed by atoms with Gasteiger partial charge in [0.1, 0.15) is 0 Å². The van der Waals surface area contributed by atoms with Crippen LogP contribution in [0.2, 0.25) is 0 Å². The van der Waals surface area contributed by atoms with E-state index in [4.69, 9.17) is 13.7 Å². The van der Waals surface area contributed by atoms with E-state index >= 15 is 0 Å². The van der Waals surface area contributed by atoms with Crippen LogP contribution in [0, 0.1) is 0 Å². The summed E-state index contributed by atoms with van der Waals surface area (Å²) in [6.07, 6.45) is 0. The molecule has 120 valence electrons. The topological polar surface area (TPSA) is 29.1 Å². The predicted octanol–water partition coefficient (Wildman–Crippen LogP) is 5.73. The normalized spacial score (nSPS) is 16.5. The van der Waals surface area contributed by atoms with Crippen molar-refractivity contribution in [2.45, 2.75) is 19.8 Å². The predicted molar refractivity (Wildman–Crippen MR) is 100 cm³/mol. The molecule has 3 aromatic carbocycles. The van der Waals surface area contributed by atoms with Gasteiger partial charge in [0.2, 0.25) is 0 Å². The molecule has 3 aromatic rings. The highest BCUT2D eigenvalue weighted by atomic mass is 16.1. The van der Waals surface area contributed by atoms with Gasteiger partial charge in [-0.2, -0.15) is 0 Å². The Hall–Kier alpha value is -2.87. The molecule has 0 unspecified atom stereocenters. The number of carbonyl (C=O) groups is 1. The first-order valence-electron chi connectivity index (χ1n) is 12.4. The molecule has 0 bridgehead atoms. The van der Waals surface area contributed by atoms with Gasteiger partial charge in [-0.1, -0.05) is 80.4 Å². The van der Waals surface area contributed by atoms with Gasteiger partial charge in [-0.05, 0) is 29.1 Å². The smallest absolute Gasteiger partial charge is 0.255 e. The van der Waals surface area contributed by atoms with Crippen LogP contribution in [-0.4, -0.2) is 5.91 Å². The molecular formula is C22H21NO. The number of anilines is 1. The van der Waals surface area contributed by atoms with Crippen molar-refractivity contribution in [2.75, 3.05) is 5.32 Å². The molecule has 0 aliphatic rings. The van der Waals surface area contributed by atoms with E-state index in [1.54, 1.807) is 12.1 Å². The van der Waals surface area contributed by atoms with Crippen LogP contribution in [-0.2, 0) is 0 Å². The molecule has 1 N–H and O–H groups in total. The van der Waals surface area contributed by atoms with Gasteiger partial charge in [0, 0.05) is 11.1 Å². The Kier molecular flexibility index (Phi) is 2.32. The van der Waals surface area contributed by atoms with Crippen molar-refractivity contribution < 1.29 is 18.5 Å². The van der Waals surface area contributed by atoms with E-state index in [1.807, 2.05) is 13.8 Å². The lowest BCUT2D eigenvalue weighted by molar-refractivity contribution is 0.102. The average molecular weight is 325 g/mol. The fraction of sp³-hybridized carbons (Fsp3) is 0.136. The van der Waals surface area contributed by atoms with Gasteiger partial charge in [-0.15, -0.1) is 0 Å². The molecule has 0 aliphatic carbocycles. The van der Waals surface area contributed by atoms with Crippen molar-refractivity contribution >= 4 is 11.6 Å². The van der Waals surface area contributed by atoms with E-state index < -0.39 is 71.9 Å². The Morgan fingerprint density at radius 1 is 0.958 bits per heavy atom. The van der Waals surface area contributed by atoms with Crippen LogP contribution in [0.15, 0.2) is 78.6 Å². The maximum absolute atomic E-state index is 13.2. The van der Waals surface area contributed by atoms with Crippen LogP contribution < -0.4 is 5.32 Å². The lowest BCUT2D eigenvalue weighted by Crippen LogP contribution is -2.14. The first-order valence-corrected chi connectivity index (χ1v) is 7.39. The zero-order valence-electron chi connectivity index (χ0n) is 23.2. The van der Waals surface area contributed by atoms with Crippen LogP contribution >= 0.6 is 0 Å². The second-order valence-corrected chi connectivity index (χ2v) is 5.38. The summed E-state index contributed by atoms with van der Waals surface area (Å²) < 4.78 is 80.0. The highest BCUT2D eigenvalue weighted by Crippen LogP contribution is 2.35. The number of nitrogens with one attached hydrogen (secondary N) is 1. The summed E-state index contributed by atoms with van der Waals surface area (Å²) in [5, 5.41) is 2.60. The molecule has 0 fully saturated rings. The number of amides is 1. The largest absolute Gasteiger partial charge is 0.321 e. The molecule has 0 radical (unpaired) electrons. The van der Waals surface area contributed by atoms with Crippen LogP contribution in [0.1, 0.15) is 49.4 Å². The van der Waals surface area contributed by atoms with Crippen molar-refractivity contribution in [1.82, 2.24) is 0 Å². The number of hydrogen-bond donors (Lipinski definition) is 1. The first-order chi connectivity index (χ1) is 15.8. The lowest BCUT2D eigenvalue weighted by atomic mass is 9.94. The molecule has 3 rings (SSSR count). The maximum Gasteiger partial charge on any atom is 0.255 e. The SMILES string of the molecule is [2H]c1c([2H])c([2H])c(C(=O)Nc2c(-c3c([2H])c([2H])c([2H])c([2H])c3[2H])cccc2C(C)C)c([2H])c1[2H]. The maximum atomic E-state index is 13.2. The van der Waals surface area contributed by atoms with Crippen molar-refractivity contribution in [3.63, 3.8) is 0 Å². The summed E-state index contributed by atoms with van der Waals surface area (Å²) in [6, 6.07) is -0.993. The number of benzene rings is 3. The van der Waals surface area contributed by atoms with E-state index in [-0.39, 0.29) is 22.7 Å².